The van der Waals surface area contributed by atoms with Gasteiger partial charge in [-0.05, 0) is 66.3 Å². The molecule has 0 saturated heterocycles. The second kappa shape index (κ2) is 10.3. The highest BCUT2D eigenvalue weighted by Crippen LogP contribution is 2.33. The van der Waals surface area contributed by atoms with Crippen molar-refractivity contribution >= 4 is 40.0 Å². The van der Waals surface area contributed by atoms with Crippen molar-refractivity contribution in [3.63, 3.8) is 0 Å². The van der Waals surface area contributed by atoms with E-state index in [0.29, 0.717) is 40.3 Å². The number of carbonyl (C=O) groups excluding carboxylic acids is 1. The fourth-order valence-corrected chi connectivity index (χ4v) is 3.79. The minimum Gasteiger partial charge on any atom is -0.507 e. The first-order valence-electron chi connectivity index (χ1n) is 11.1. The second-order valence-electron chi connectivity index (χ2n) is 7.93. The van der Waals surface area contributed by atoms with Crippen molar-refractivity contribution in [1.82, 2.24) is 10.3 Å². The Morgan fingerprint density at radius 1 is 0.944 bits per heavy atom. The van der Waals surface area contributed by atoms with E-state index in [-0.39, 0.29) is 22.7 Å². The standard InChI is InChI=1S/C28H21N3O4S/c32-24-14-13-20(16-22(24)27-30-23-11-4-5-12-25(23)35-27)29-28(36)31-26(33)19-9-6-10-21(15-19)34-17-18-7-2-1-3-8-18/h1-16,32H,17H2,(H2,29,31,33,36). The number of amides is 1. The Morgan fingerprint density at radius 3 is 2.58 bits per heavy atom. The lowest BCUT2D eigenvalue weighted by atomic mass is 10.1. The first-order chi connectivity index (χ1) is 17.5. The minimum atomic E-state index is -0.379. The summed E-state index contributed by atoms with van der Waals surface area (Å²) in [5.41, 5.74) is 3.68. The molecule has 0 aliphatic heterocycles. The van der Waals surface area contributed by atoms with Crippen molar-refractivity contribution in [3.8, 4) is 23.0 Å². The van der Waals surface area contributed by atoms with E-state index in [9.17, 15) is 9.90 Å². The van der Waals surface area contributed by atoms with Gasteiger partial charge in [-0.2, -0.15) is 0 Å². The molecule has 36 heavy (non-hydrogen) atoms. The van der Waals surface area contributed by atoms with E-state index in [1.807, 2.05) is 48.5 Å². The Morgan fingerprint density at radius 2 is 1.75 bits per heavy atom. The van der Waals surface area contributed by atoms with E-state index in [4.69, 9.17) is 21.4 Å². The fraction of sp³-hybridized carbons (Fsp3) is 0.0357. The number of para-hydroxylation sites is 2. The number of nitrogens with zero attached hydrogens (tertiary/aromatic N) is 1. The summed E-state index contributed by atoms with van der Waals surface area (Å²) >= 11 is 5.33. The summed E-state index contributed by atoms with van der Waals surface area (Å²) in [5, 5.41) is 16.1. The number of thiocarbonyl (C=S) groups is 1. The molecule has 0 bridgehead atoms. The van der Waals surface area contributed by atoms with Crippen LogP contribution in [0, 0.1) is 0 Å². The lowest BCUT2D eigenvalue weighted by Crippen LogP contribution is -2.34. The van der Waals surface area contributed by atoms with Crippen molar-refractivity contribution in [2.45, 2.75) is 6.61 Å². The number of ether oxygens (including phenoxy) is 1. The Balaban J connectivity index is 1.24. The fourth-order valence-electron chi connectivity index (χ4n) is 3.58. The Kier molecular flexibility index (Phi) is 6.59. The molecular formula is C28H21N3O4S. The zero-order valence-electron chi connectivity index (χ0n) is 19.0. The van der Waals surface area contributed by atoms with Gasteiger partial charge in [-0.3, -0.25) is 10.1 Å². The molecule has 1 heterocycles. The highest BCUT2D eigenvalue weighted by Gasteiger charge is 2.14. The van der Waals surface area contributed by atoms with Gasteiger partial charge >= 0.3 is 0 Å². The van der Waals surface area contributed by atoms with Crippen LogP contribution in [0.25, 0.3) is 22.6 Å². The number of oxazole rings is 1. The summed E-state index contributed by atoms with van der Waals surface area (Å²) < 4.78 is 11.6. The number of benzene rings is 4. The largest absolute Gasteiger partial charge is 0.507 e. The number of nitrogens with one attached hydrogen (secondary N) is 2. The third-order valence-electron chi connectivity index (χ3n) is 5.35. The van der Waals surface area contributed by atoms with Gasteiger partial charge in [0.25, 0.3) is 5.91 Å². The number of hydrogen-bond donors (Lipinski definition) is 3. The monoisotopic (exact) mass is 495 g/mol. The Bertz CT molecular complexity index is 1520. The molecule has 4 aromatic carbocycles. The highest BCUT2D eigenvalue weighted by atomic mass is 32.1. The smallest absolute Gasteiger partial charge is 0.257 e. The maximum Gasteiger partial charge on any atom is 0.257 e. The molecule has 5 rings (SSSR count). The Labute approximate surface area is 212 Å². The lowest BCUT2D eigenvalue weighted by Gasteiger charge is -2.12. The second-order valence-corrected chi connectivity index (χ2v) is 8.34. The number of aromatic hydroxyl groups is 1. The molecule has 0 radical (unpaired) electrons. The SMILES string of the molecule is O=C(NC(=S)Nc1ccc(O)c(-c2nc3ccccc3o2)c1)c1cccc(OCc2ccccc2)c1. The molecule has 5 aromatic rings. The molecule has 0 fully saturated rings. The quantitative estimate of drug-likeness (QED) is 0.199. The lowest BCUT2D eigenvalue weighted by molar-refractivity contribution is 0.0977. The van der Waals surface area contributed by atoms with Crippen LogP contribution in [0.1, 0.15) is 15.9 Å². The first-order valence-corrected chi connectivity index (χ1v) is 11.5. The molecule has 1 aromatic heterocycles. The summed E-state index contributed by atoms with van der Waals surface area (Å²) in [6, 6.07) is 28.8. The van der Waals surface area contributed by atoms with Crippen LogP contribution in [-0.2, 0) is 6.61 Å². The molecule has 178 valence electrons. The Hall–Kier alpha value is -4.69. The molecular weight excluding hydrogens is 474 g/mol. The van der Waals surface area contributed by atoms with Gasteiger partial charge in [0.05, 0.1) is 5.56 Å². The van der Waals surface area contributed by atoms with Gasteiger partial charge < -0.3 is 19.6 Å². The van der Waals surface area contributed by atoms with Crippen molar-refractivity contribution in [2.24, 2.45) is 0 Å². The van der Waals surface area contributed by atoms with Crippen molar-refractivity contribution in [2.75, 3.05) is 5.32 Å². The number of rotatable bonds is 6. The number of anilines is 1. The average Bonchev–Trinajstić information content (AvgIpc) is 3.33. The van der Waals surface area contributed by atoms with Gasteiger partial charge in [0.1, 0.15) is 23.6 Å². The number of aromatic nitrogens is 1. The van der Waals surface area contributed by atoms with Crippen LogP contribution in [0.3, 0.4) is 0 Å². The summed E-state index contributed by atoms with van der Waals surface area (Å²) in [4.78, 5) is 17.2. The topological polar surface area (TPSA) is 96.6 Å². The van der Waals surface area contributed by atoms with Gasteiger partial charge in [0, 0.05) is 11.3 Å². The molecule has 0 saturated carbocycles. The van der Waals surface area contributed by atoms with Crippen LogP contribution in [0.15, 0.2) is 101 Å². The molecule has 8 heteroatoms. The number of fused-ring (bicyclic) bond motifs is 1. The minimum absolute atomic E-state index is 0.00868. The number of carbonyl (C=O) groups is 1. The number of phenolic OH excluding ortho intramolecular Hbond substituents is 1. The third kappa shape index (κ3) is 5.34. The van der Waals surface area contributed by atoms with Crippen molar-refractivity contribution in [3.05, 3.63) is 108 Å². The summed E-state index contributed by atoms with van der Waals surface area (Å²) in [5.74, 6) is 0.483. The van der Waals surface area contributed by atoms with Crippen LogP contribution in [0.5, 0.6) is 11.5 Å². The molecule has 0 unspecified atom stereocenters. The number of phenols is 1. The molecule has 0 aliphatic rings. The maximum atomic E-state index is 12.8. The molecule has 0 aliphatic carbocycles. The van der Waals surface area contributed by atoms with E-state index in [1.54, 1.807) is 42.5 Å². The van der Waals surface area contributed by atoms with E-state index in [2.05, 4.69) is 15.6 Å². The summed E-state index contributed by atoms with van der Waals surface area (Å²) in [6.07, 6.45) is 0. The highest BCUT2D eigenvalue weighted by molar-refractivity contribution is 7.80. The van der Waals surface area contributed by atoms with Gasteiger partial charge in [0.15, 0.2) is 10.7 Å². The predicted octanol–water partition coefficient (Wildman–Crippen LogP) is 5.91. The normalized spacial score (nSPS) is 10.7. The van der Waals surface area contributed by atoms with Crippen LogP contribution in [0.2, 0.25) is 0 Å². The number of hydrogen-bond acceptors (Lipinski definition) is 6. The van der Waals surface area contributed by atoms with Crippen molar-refractivity contribution < 1.29 is 19.1 Å². The van der Waals surface area contributed by atoms with Crippen LogP contribution < -0.4 is 15.4 Å². The van der Waals surface area contributed by atoms with E-state index in [0.717, 1.165) is 5.56 Å². The van der Waals surface area contributed by atoms with E-state index >= 15 is 0 Å². The van der Waals surface area contributed by atoms with Gasteiger partial charge in [-0.25, -0.2) is 4.98 Å². The molecule has 7 nitrogen and oxygen atoms in total. The summed E-state index contributed by atoms with van der Waals surface area (Å²) in [6.45, 7) is 0.398. The third-order valence-corrected chi connectivity index (χ3v) is 5.55. The van der Waals surface area contributed by atoms with Gasteiger partial charge in [-0.15, -0.1) is 0 Å². The molecule has 1 amide bonds. The van der Waals surface area contributed by atoms with Crippen LogP contribution >= 0.6 is 12.2 Å². The van der Waals surface area contributed by atoms with Gasteiger partial charge in [0.2, 0.25) is 5.89 Å². The molecule has 0 atom stereocenters. The first kappa shape index (κ1) is 23.1. The molecule has 0 spiro atoms. The summed E-state index contributed by atoms with van der Waals surface area (Å²) in [7, 11) is 0. The van der Waals surface area contributed by atoms with Crippen molar-refractivity contribution in [1.29, 1.82) is 0 Å². The van der Waals surface area contributed by atoms with Crippen LogP contribution in [0.4, 0.5) is 5.69 Å². The predicted molar refractivity (Wildman–Crippen MR) is 142 cm³/mol. The van der Waals surface area contributed by atoms with E-state index in [1.165, 1.54) is 6.07 Å². The van der Waals surface area contributed by atoms with E-state index < -0.39 is 0 Å². The zero-order chi connectivity index (χ0) is 24.9. The average molecular weight is 496 g/mol. The van der Waals surface area contributed by atoms with Crippen LogP contribution in [-0.4, -0.2) is 21.1 Å². The zero-order valence-corrected chi connectivity index (χ0v) is 19.8. The van der Waals surface area contributed by atoms with Gasteiger partial charge in [-0.1, -0.05) is 48.5 Å². The maximum absolute atomic E-state index is 12.8. The molecule has 3 N–H and O–H groups in total.